The molecule has 0 atom stereocenters. The summed E-state index contributed by atoms with van der Waals surface area (Å²) in [4.78, 5) is 10.9. The van der Waals surface area contributed by atoms with Crippen LogP contribution in [0.15, 0.2) is 42.5 Å². The molecule has 0 saturated carbocycles. The largest absolute Gasteiger partial charge is 0.741 e. The fourth-order valence-corrected chi connectivity index (χ4v) is 19.9. The van der Waals surface area contributed by atoms with Crippen molar-refractivity contribution < 1.29 is 56.3 Å². The lowest BCUT2D eigenvalue weighted by Crippen LogP contribution is -3.62. The van der Waals surface area contributed by atoms with Crippen molar-refractivity contribution in [2.24, 2.45) is 0 Å². The first kappa shape index (κ1) is 27.7. The Hall–Kier alpha value is -0.559. The van der Waals surface area contributed by atoms with Gasteiger partial charge in [-0.15, -0.1) is 0 Å². The van der Waals surface area contributed by atoms with Crippen LogP contribution in [-0.2, 0) is 14.2 Å². The summed E-state index contributed by atoms with van der Waals surface area (Å²) in [6.45, 7) is 13.3. The molecular weight excluding hydrogens is 608 g/mol. The first-order chi connectivity index (χ1) is 14.3. The van der Waals surface area contributed by atoms with E-state index >= 15 is 0 Å². The molecule has 0 aliphatic carbocycles. The number of benzene rings is 2. The molecule has 1 N–H and O–H groups in total. The lowest BCUT2D eigenvalue weighted by atomic mass is 10.3. The highest BCUT2D eigenvalue weighted by molar-refractivity contribution is 7.86. The Bertz CT molecular complexity index is 1090. The third-order valence-electron chi connectivity index (χ3n) is 4.80. The quantitative estimate of drug-likeness (QED) is 0.206. The summed E-state index contributed by atoms with van der Waals surface area (Å²) >= 11 is -0.284. The molecule has 0 amide bonds. The van der Waals surface area contributed by atoms with Crippen molar-refractivity contribution in [2.75, 3.05) is 0 Å². The first-order valence-corrected chi connectivity index (χ1v) is 21.9. The molecule has 0 radical (unpaired) electrons. The van der Waals surface area contributed by atoms with Gasteiger partial charge in [-0.3, -0.25) is 0 Å². The highest BCUT2D eigenvalue weighted by Gasteiger charge is 2.48. The Labute approximate surface area is 200 Å². The second-order valence-corrected chi connectivity index (χ2v) is 24.8. The van der Waals surface area contributed by atoms with Crippen LogP contribution in [0.3, 0.4) is 0 Å². The van der Waals surface area contributed by atoms with E-state index in [2.05, 4.69) is 68.7 Å². The highest BCUT2D eigenvalue weighted by atomic mass is 127. The minimum absolute atomic E-state index is 0.284. The highest BCUT2D eigenvalue weighted by Crippen LogP contribution is 2.21. The standard InChI is InChI=1S/C18H26IO2Si3.CHF3O3S/c1-22(2,20)16-13-18-17(23(3,4)21-24(18,5)6)12-15(16)19-14-10-8-7-9-11-14;2-1(3,4)8(5,6)7/h7-13,20H,1-6H3;(H,5,6,7)/q+1;/p-1. The number of rotatable bonds is 3. The van der Waals surface area contributed by atoms with Crippen molar-refractivity contribution in [1.82, 2.24) is 0 Å². The Balaban J connectivity index is 0.000000390. The molecule has 32 heavy (non-hydrogen) atoms. The Morgan fingerprint density at radius 2 is 1.44 bits per heavy atom. The summed E-state index contributed by atoms with van der Waals surface area (Å²) in [6, 6.07) is 15.5. The van der Waals surface area contributed by atoms with Crippen LogP contribution in [0.1, 0.15) is 0 Å². The molecule has 3 rings (SSSR count). The van der Waals surface area contributed by atoms with Gasteiger partial charge < -0.3 is 13.5 Å². The smallest absolute Gasteiger partial charge is 0.485 e. The van der Waals surface area contributed by atoms with E-state index in [9.17, 15) is 18.0 Å². The molecular formula is C19H26F3IO5SSi3. The molecule has 1 aliphatic heterocycles. The van der Waals surface area contributed by atoms with Gasteiger partial charge >= 0.3 is 26.7 Å². The average molecular weight is 635 g/mol. The maximum Gasteiger partial charge on any atom is 0.485 e. The van der Waals surface area contributed by atoms with Crippen LogP contribution < -0.4 is 36.8 Å². The minimum Gasteiger partial charge on any atom is -0.741 e. The van der Waals surface area contributed by atoms with Gasteiger partial charge in [0.1, 0.15) is 0 Å². The topological polar surface area (TPSA) is 86.7 Å². The third kappa shape index (κ3) is 6.52. The van der Waals surface area contributed by atoms with E-state index in [1.54, 1.807) is 0 Å². The second kappa shape index (κ2) is 9.24. The van der Waals surface area contributed by atoms with Crippen molar-refractivity contribution in [1.29, 1.82) is 0 Å². The zero-order chi connectivity index (χ0) is 24.8. The first-order valence-electron chi connectivity index (χ1n) is 9.60. The number of halogens is 4. The normalized spacial score (nSPS) is 17.3. The number of hydrogen-bond acceptors (Lipinski definition) is 5. The fraction of sp³-hybridized carbons (Fsp3) is 0.368. The molecule has 1 aliphatic rings. The van der Waals surface area contributed by atoms with Crippen LogP contribution in [0.5, 0.6) is 0 Å². The van der Waals surface area contributed by atoms with Crippen LogP contribution in [0, 0.1) is 7.14 Å². The summed E-state index contributed by atoms with van der Waals surface area (Å²) < 4.78 is 68.3. The molecule has 0 unspecified atom stereocenters. The Kier molecular flexibility index (Phi) is 7.99. The fourth-order valence-electron chi connectivity index (χ4n) is 3.46. The van der Waals surface area contributed by atoms with E-state index in [-0.39, 0.29) is 21.2 Å². The van der Waals surface area contributed by atoms with Crippen LogP contribution in [0.25, 0.3) is 0 Å². The molecule has 0 aromatic heterocycles. The van der Waals surface area contributed by atoms with Crippen LogP contribution >= 0.6 is 0 Å². The van der Waals surface area contributed by atoms with Crippen molar-refractivity contribution >= 4 is 50.6 Å². The Morgan fingerprint density at radius 3 is 1.84 bits per heavy atom. The summed E-state index contributed by atoms with van der Waals surface area (Å²) in [5.41, 5.74) is -5.65. The molecule has 0 spiro atoms. The van der Waals surface area contributed by atoms with E-state index in [0.29, 0.717) is 0 Å². The molecule has 0 fully saturated rings. The molecule has 0 saturated heterocycles. The molecule has 0 bridgehead atoms. The van der Waals surface area contributed by atoms with Crippen molar-refractivity contribution in [3.63, 3.8) is 0 Å². The van der Waals surface area contributed by atoms with Crippen LogP contribution in [0.4, 0.5) is 13.2 Å². The maximum absolute atomic E-state index is 10.9. The van der Waals surface area contributed by atoms with Crippen LogP contribution in [0.2, 0.25) is 39.3 Å². The van der Waals surface area contributed by atoms with E-state index in [1.807, 2.05) is 13.1 Å². The molecule has 5 nitrogen and oxygen atoms in total. The zero-order valence-electron chi connectivity index (χ0n) is 18.5. The Morgan fingerprint density at radius 1 is 1.00 bits per heavy atom. The summed E-state index contributed by atoms with van der Waals surface area (Å²) in [5, 5.41) is 4.14. The van der Waals surface area contributed by atoms with E-state index in [0.717, 1.165) is 0 Å². The average Bonchev–Trinajstić information content (AvgIpc) is 2.77. The summed E-state index contributed by atoms with van der Waals surface area (Å²) in [5.74, 6) is 0. The van der Waals surface area contributed by atoms with E-state index in [4.69, 9.17) is 17.1 Å². The van der Waals surface area contributed by atoms with Gasteiger partial charge in [0.25, 0.3) is 0 Å². The molecule has 13 heteroatoms. The number of hydrogen-bond donors (Lipinski definition) is 1. The van der Waals surface area contributed by atoms with Gasteiger partial charge in [-0.1, -0.05) is 24.3 Å². The van der Waals surface area contributed by atoms with Crippen LogP contribution in [-0.4, -0.2) is 48.2 Å². The molecule has 1 heterocycles. The SMILES string of the molecule is C[Si](C)(O)c1cc2c(cc1[I+]c1ccccc1)[Si](C)(C)O[Si]2(C)C.O=S(=O)([O-])C(F)(F)F. The van der Waals surface area contributed by atoms with E-state index < -0.39 is 40.6 Å². The minimum atomic E-state index is -6.09. The van der Waals surface area contributed by atoms with Gasteiger partial charge in [0.05, 0.1) is 0 Å². The van der Waals surface area contributed by atoms with Crippen molar-refractivity contribution in [3.8, 4) is 0 Å². The predicted octanol–water partition coefficient (Wildman–Crippen LogP) is -0.875. The number of fused-ring (bicyclic) bond motifs is 1. The monoisotopic (exact) mass is 634 g/mol. The number of alkyl halides is 3. The molecule has 178 valence electrons. The van der Waals surface area contributed by atoms with Gasteiger partial charge in [0.2, 0.25) is 25.0 Å². The second-order valence-electron chi connectivity index (χ2n) is 8.85. The van der Waals surface area contributed by atoms with Gasteiger partial charge in [0, 0.05) is 5.19 Å². The molecule has 2 aromatic carbocycles. The zero-order valence-corrected chi connectivity index (χ0v) is 24.5. The summed E-state index contributed by atoms with van der Waals surface area (Å²) in [6.07, 6.45) is 0. The summed E-state index contributed by atoms with van der Waals surface area (Å²) in [7, 11) is -12.1. The lowest BCUT2D eigenvalue weighted by molar-refractivity contribution is -0.595. The van der Waals surface area contributed by atoms with E-state index in [1.165, 1.54) is 22.7 Å². The lowest BCUT2D eigenvalue weighted by Gasteiger charge is -2.22. The van der Waals surface area contributed by atoms with Crippen molar-refractivity contribution in [2.45, 2.75) is 44.8 Å². The predicted molar refractivity (Wildman–Crippen MR) is 121 cm³/mol. The van der Waals surface area contributed by atoms with Gasteiger partial charge in [-0.2, -0.15) is 13.2 Å². The third-order valence-corrected chi connectivity index (χ3v) is 18.2. The van der Waals surface area contributed by atoms with Gasteiger partial charge in [-0.05, 0) is 67.9 Å². The molecule has 2 aromatic rings. The van der Waals surface area contributed by atoms with Crippen molar-refractivity contribution in [3.05, 3.63) is 49.6 Å². The maximum atomic E-state index is 10.9. The van der Waals surface area contributed by atoms with Gasteiger partial charge in [0.15, 0.2) is 17.3 Å². The van der Waals surface area contributed by atoms with Gasteiger partial charge in [-0.25, -0.2) is 8.42 Å².